The molecular weight excluding hydrogens is 342 g/mol. The first-order valence-corrected chi connectivity index (χ1v) is 8.76. The second kappa shape index (κ2) is 7.61. The second-order valence-corrected chi connectivity index (χ2v) is 7.42. The first-order chi connectivity index (χ1) is 12.9. The fourth-order valence-electron chi connectivity index (χ4n) is 3.22. The number of hydrogen-bond acceptors (Lipinski definition) is 5. The molecule has 1 amide bonds. The Hall–Kier alpha value is -3.15. The lowest BCUT2D eigenvalue weighted by molar-refractivity contribution is 0.0410. The van der Waals surface area contributed by atoms with E-state index in [1.165, 1.54) is 0 Å². The molecule has 0 spiro atoms. The Labute approximate surface area is 158 Å². The van der Waals surface area contributed by atoms with Crippen LogP contribution in [0.4, 0.5) is 4.79 Å². The van der Waals surface area contributed by atoms with Crippen LogP contribution in [0.1, 0.15) is 44.2 Å². The predicted molar refractivity (Wildman–Crippen MR) is 102 cm³/mol. The van der Waals surface area contributed by atoms with E-state index in [1.54, 1.807) is 0 Å². The van der Waals surface area contributed by atoms with Crippen LogP contribution in [0.25, 0.3) is 11.5 Å². The third-order valence-corrected chi connectivity index (χ3v) is 4.34. The smallest absolute Gasteiger partial charge is 0.405 e. The van der Waals surface area contributed by atoms with Crippen LogP contribution in [0.3, 0.4) is 0 Å². The Morgan fingerprint density at radius 1 is 1.00 bits per heavy atom. The van der Waals surface area contributed by atoms with Gasteiger partial charge in [-0.1, -0.05) is 69.3 Å². The van der Waals surface area contributed by atoms with Gasteiger partial charge in [-0.3, -0.25) is 0 Å². The van der Waals surface area contributed by atoms with Crippen molar-refractivity contribution in [3.63, 3.8) is 0 Å². The number of hydrogen-bond donors (Lipinski definition) is 1. The molecule has 1 aromatic heterocycles. The van der Waals surface area contributed by atoms with Crippen LogP contribution < -0.4 is 5.73 Å². The zero-order chi connectivity index (χ0) is 19.4. The van der Waals surface area contributed by atoms with E-state index in [9.17, 15) is 4.79 Å². The average Bonchev–Trinajstić information content (AvgIpc) is 3.11. The lowest BCUT2D eigenvalue weighted by atomic mass is 9.73. The van der Waals surface area contributed by atoms with E-state index in [4.69, 9.17) is 14.9 Å². The topological polar surface area (TPSA) is 91.2 Å². The van der Waals surface area contributed by atoms with Gasteiger partial charge in [0.1, 0.15) is 0 Å². The quantitative estimate of drug-likeness (QED) is 0.707. The molecule has 3 aromatic rings. The minimum Gasteiger partial charge on any atom is -0.436 e. The van der Waals surface area contributed by atoms with Crippen molar-refractivity contribution in [2.45, 2.75) is 32.8 Å². The van der Waals surface area contributed by atoms with E-state index in [0.29, 0.717) is 5.89 Å². The third-order valence-electron chi connectivity index (χ3n) is 4.34. The summed E-state index contributed by atoms with van der Waals surface area (Å²) in [6, 6.07) is 19.2. The molecule has 27 heavy (non-hydrogen) atoms. The number of nitrogens with two attached hydrogens (primary N) is 1. The molecule has 6 heteroatoms. The molecule has 0 radical (unpaired) electrons. The third kappa shape index (κ3) is 4.34. The highest BCUT2D eigenvalue weighted by molar-refractivity contribution is 5.65. The summed E-state index contributed by atoms with van der Waals surface area (Å²) in [7, 11) is 0. The molecule has 1 heterocycles. The van der Waals surface area contributed by atoms with Gasteiger partial charge in [0.2, 0.25) is 5.89 Å². The van der Waals surface area contributed by atoms with Crippen LogP contribution in [0.5, 0.6) is 0 Å². The van der Waals surface area contributed by atoms with E-state index in [-0.39, 0.29) is 17.2 Å². The molecule has 2 N–H and O–H groups in total. The molecule has 2 atom stereocenters. The first kappa shape index (κ1) is 18.6. The van der Waals surface area contributed by atoms with Crippen LogP contribution in [0.15, 0.2) is 65.1 Å². The van der Waals surface area contributed by atoms with E-state index in [2.05, 4.69) is 31.0 Å². The van der Waals surface area contributed by atoms with Gasteiger partial charge in [-0.05, 0) is 23.1 Å². The van der Waals surface area contributed by atoms with Crippen molar-refractivity contribution in [1.29, 1.82) is 0 Å². The van der Waals surface area contributed by atoms with Gasteiger partial charge in [-0.2, -0.15) is 0 Å². The Morgan fingerprint density at radius 3 is 2.15 bits per heavy atom. The van der Waals surface area contributed by atoms with Gasteiger partial charge in [-0.15, -0.1) is 10.2 Å². The summed E-state index contributed by atoms with van der Waals surface area (Å²) in [6.45, 7) is 6.20. The Kier molecular flexibility index (Phi) is 5.26. The fraction of sp³-hybridized carbons (Fsp3) is 0.286. The van der Waals surface area contributed by atoms with Crippen LogP contribution in [0, 0.1) is 5.41 Å². The Bertz CT molecular complexity index is 886. The first-order valence-electron chi connectivity index (χ1n) is 8.76. The number of nitrogens with zero attached hydrogens (tertiary/aromatic N) is 2. The maximum Gasteiger partial charge on any atom is 0.405 e. The highest BCUT2D eigenvalue weighted by atomic mass is 16.6. The number of benzene rings is 2. The number of carbonyl (C=O) groups excluding carboxylic acids is 1. The van der Waals surface area contributed by atoms with Gasteiger partial charge < -0.3 is 14.9 Å². The molecule has 0 aliphatic rings. The second-order valence-electron chi connectivity index (χ2n) is 7.42. The molecule has 3 rings (SSSR count). The zero-order valence-corrected chi connectivity index (χ0v) is 15.6. The predicted octanol–water partition coefficient (Wildman–Crippen LogP) is 4.70. The number of aromatic nitrogens is 2. The maximum absolute atomic E-state index is 11.6. The fourth-order valence-corrected chi connectivity index (χ4v) is 3.22. The summed E-state index contributed by atoms with van der Waals surface area (Å²) in [6.07, 6.45) is -1.68. The maximum atomic E-state index is 11.6. The number of rotatable bonds is 5. The molecule has 6 nitrogen and oxygen atoms in total. The van der Waals surface area contributed by atoms with Gasteiger partial charge in [0.25, 0.3) is 5.89 Å². The standard InChI is InChI=1S/C21H23N3O3/c1-21(2,3)16(14-10-6-4-7-11-14)17(26-20(22)25)19-24-23-18(27-19)15-12-8-5-9-13-15/h4-13,16-17H,1-3H3,(H2,22,25)/t16?,17-/m1/s1. The molecule has 140 valence electrons. The number of primary amides is 1. The molecule has 0 saturated carbocycles. The van der Waals surface area contributed by atoms with Gasteiger partial charge >= 0.3 is 6.09 Å². The minimum atomic E-state index is -0.885. The van der Waals surface area contributed by atoms with Crippen LogP contribution in [-0.4, -0.2) is 16.3 Å². The highest BCUT2D eigenvalue weighted by Crippen LogP contribution is 2.45. The van der Waals surface area contributed by atoms with Gasteiger partial charge in [0, 0.05) is 11.5 Å². The zero-order valence-electron chi connectivity index (χ0n) is 15.6. The summed E-state index contributed by atoms with van der Waals surface area (Å²) in [4.78, 5) is 11.6. The van der Waals surface area contributed by atoms with Crippen LogP contribution in [0.2, 0.25) is 0 Å². The van der Waals surface area contributed by atoms with E-state index in [1.807, 2.05) is 60.7 Å². The molecule has 0 bridgehead atoms. The van der Waals surface area contributed by atoms with Gasteiger partial charge in [0.15, 0.2) is 6.10 Å². The van der Waals surface area contributed by atoms with E-state index in [0.717, 1.165) is 11.1 Å². The largest absolute Gasteiger partial charge is 0.436 e. The summed E-state index contributed by atoms with van der Waals surface area (Å²) in [5.41, 5.74) is 6.88. The Balaban J connectivity index is 2.05. The Morgan fingerprint density at radius 2 is 1.59 bits per heavy atom. The lowest BCUT2D eigenvalue weighted by Crippen LogP contribution is -2.30. The van der Waals surface area contributed by atoms with E-state index >= 15 is 0 Å². The van der Waals surface area contributed by atoms with Gasteiger partial charge in [0.05, 0.1) is 0 Å². The minimum absolute atomic E-state index is 0.219. The van der Waals surface area contributed by atoms with Crippen LogP contribution >= 0.6 is 0 Å². The van der Waals surface area contributed by atoms with Crippen molar-refractivity contribution in [3.8, 4) is 11.5 Å². The van der Waals surface area contributed by atoms with Gasteiger partial charge in [-0.25, -0.2) is 4.79 Å². The summed E-state index contributed by atoms with van der Waals surface area (Å²) in [5.74, 6) is 0.357. The number of carbonyl (C=O) groups is 1. The van der Waals surface area contributed by atoms with E-state index < -0.39 is 12.2 Å². The molecule has 0 saturated heterocycles. The summed E-state index contributed by atoms with van der Waals surface area (Å²) >= 11 is 0. The molecule has 0 aliphatic heterocycles. The van der Waals surface area contributed by atoms with Crippen molar-refractivity contribution >= 4 is 6.09 Å². The molecule has 1 unspecified atom stereocenters. The van der Waals surface area contributed by atoms with Crippen molar-refractivity contribution in [3.05, 3.63) is 72.1 Å². The summed E-state index contributed by atoms with van der Waals surface area (Å²) in [5, 5.41) is 8.28. The monoisotopic (exact) mass is 365 g/mol. The molecular formula is C21H23N3O3. The molecule has 0 fully saturated rings. The average molecular weight is 365 g/mol. The van der Waals surface area contributed by atoms with Crippen molar-refractivity contribution < 1.29 is 13.9 Å². The molecule has 0 aliphatic carbocycles. The lowest BCUT2D eigenvalue weighted by Gasteiger charge is -2.35. The summed E-state index contributed by atoms with van der Waals surface area (Å²) < 4.78 is 11.3. The van der Waals surface area contributed by atoms with Crippen molar-refractivity contribution in [1.82, 2.24) is 10.2 Å². The SMILES string of the molecule is CC(C)(C)C(c1ccccc1)[C@@H](OC(N)=O)c1nnc(-c2ccccc2)o1. The molecule has 2 aromatic carbocycles. The number of amides is 1. The normalized spacial score (nSPS) is 13.7. The van der Waals surface area contributed by atoms with Crippen molar-refractivity contribution in [2.75, 3.05) is 0 Å². The highest BCUT2D eigenvalue weighted by Gasteiger charge is 2.40. The number of ether oxygens (including phenoxy) is 1. The van der Waals surface area contributed by atoms with Crippen molar-refractivity contribution in [2.24, 2.45) is 11.1 Å². The van der Waals surface area contributed by atoms with Crippen LogP contribution in [-0.2, 0) is 4.74 Å².